The van der Waals surface area contributed by atoms with Gasteiger partial charge in [0.2, 0.25) is 0 Å². The monoisotopic (exact) mass is 368 g/mol. The molecule has 3 nitrogen and oxygen atoms in total. The number of halogens is 2. The largest absolute Gasteiger partial charge is 0.338 e. The minimum Gasteiger partial charge on any atom is -0.338 e. The molecule has 1 aromatic heterocycles. The summed E-state index contributed by atoms with van der Waals surface area (Å²) < 4.78 is 0. The number of nitrogens with one attached hydrogen (secondary N) is 1. The van der Waals surface area contributed by atoms with Crippen LogP contribution in [0.25, 0.3) is 10.4 Å². The summed E-state index contributed by atoms with van der Waals surface area (Å²) in [6.07, 6.45) is 2.01. The van der Waals surface area contributed by atoms with Gasteiger partial charge in [-0.25, -0.2) is 0 Å². The summed E-state index contributed by atoms with van der Waals surface area (Å²) in [6, 6.07) is 9.81. The quantitative estimate of drug-likeness (QED) is 0.861. The summed E-state index contributed by atoms with van der Waals surface area (Å²) in [6.45, 7) is 1.61. The van der Waals surface area contributed by atoms with Crippen LogP contribution in [-0.2, 0) is 0 Å². The molecule has 0 aliphatic carbocycles. The second kappa shape index (κ2) is 7.22. The van der Waals surface area contributed by atoms with E-state index in [1.807, 2.05) is 36.2 Å². The topological polar surface area (TPSA) is 32.3 Å². The van der Waals surface area contributed by atoms with Crippen molar-refractivity contribution in [3.05, 3.63) is 45.3 Å². The number of hydrogen-bond acceptors (Lipinski definition) is 3. The Bertz CT molecular complexity index is 688. The standard InChI is InChI=1S/C17H18Cl2N2OS/c1-20-14-4-6-21(7-5-14)17(22)16-3-2-15(23-16)11-8-12(18)10-13(19)9-11/h2-3,8-10,14,20H,4-7H2,1H3. The average Bonchev–Trinajstić information content (AvgIpc) is 3.03. The summed E-state index contributed by atoms with van der Waals surface area (Å²) in [4.78, 5) is 16.3. The van der Waals surface area contributed by atoms with Crippen molar-refractivity contribution in [3.8, 4) is 10.4 Å². The van der Waals surface area contributed by atoms with Gasteiger partial charge in [0.15, 0.2) is 0 Å². The molecule has 1 aliphatic heterocycles. The Hall–Kier alpha value is -1.07. The van der Waals surface area contributed by atoms with Gasteiger partial charge in [0.1, 0.15) is 0 Å². The van der Waals surface area contributed by atoms with Gasteiger partial charge in [-0.2, -0.15) is 0 Å². The number of thiophene rings is 1. The van der Waals surface area contributed by atoms with E-state index in [9.17, 15) is 4.79 Å². The molecule has 2 heterocycles. The van der Waals surface area contributed by atoms with Gasteiger partial charge in [0.25, 0.3) is 5.91 Å². The number of rotatable bonds is 3. The van der Waals surface area contributed by atoms with Gasteiger partial charge in [-0.05, 0) is 55.8 Å². The Kier molecular flexibility index (Phi) is 5.27. The van der Waals surface area contributed by atoms with Crippen molar-refractivity contribution in [3.63, 3.8) is 0 Å². The fourth-order valence-electron chi connectivity index (χ4n) is 2.83. The molecule has 1 saturated heterocycles. The van der Waals surface area contributed by atoms with Crippen molar-refractivity contribution in [2.75, 3.05) is 20.1 Å². The number of carbonyl (C=O) groups excluding carboxylic acids is 1. The molecule has 0 spiro atoms. The first-order valence-electron chi connectivity index (χ1n) is 7.59. The van der Waals surface area contributed by atoms with Crippen molar-refractivity contribution >= 4 is 40.4 Å². The summed E-state index contributed by atoms with van der Waals surface area (Å²) in [7, 11) is 1.98. The zero-order valence-electron chi connectivity index (χ0n) is 12.8. The Morgan fingerprint density at radius 2 is 1.83 bits per heavy atom. The molecule has 0 saturated carbocycles. The van der Waals surface area contributed by atoms with E-state index in [4.69, 9.17) is 23.2 Å². The lowest BCUT2D eigenvalue weighted by Crippen LogP contribution is -2.43. The smallest absolute Gasteiger partial charge is 0.263 e. The Labute approximate surface area is 150 Å². The lowest BCUT2D eigenvalue weighted by atomic mass is 10.1. The summed E-state index contributed by atoms with van der Waals surface area (Å²) in [5.74, 6) is 0.115. The van der Waals surface area contributed by atoms with Gasteiger partial charge in [-0.3, -0.25) is 4.79 Å². The van der Waals surface area contributed by atoms with Crippen molar-refractivity contribution in [2.45, 2.75) is 18.9 Å². The highest BCUT2D eigenvalue weighted by Crippen LogP contribution is 2.33. The summed E-state index contributed by atoms with van der Waals surface area (Å²) in [5, 5.41) is 4.48. The fourth-order valence-corrected chi connectivity index (χ4v) is 4.32. The highest BCUT2D eigenvalue weighted by Gasteiger charge is 2.23. The van der Waals surface area contributed by atoms with Gasteiger partial charge in [0, 0.05) is 34.1 Å². The van der Waals surface area contributed by atoms with Gasteiger partial charge >= 0.3 is 0 Å². The molecule has 0 radical (unpaired) electrons. The van der Waals surface area contributed by atoms with Crippen molar-refractivity contribution in [1.82, 2.24) is 10.2 Å². The second-order valence-corrected chi connectivity index (χ2v) is 7.63. The maximum absolute atomic E-state index is 12.6. The fraction of sp³-hybridized carbons (Fsp3) is 0.353. The molecule has 3 rings (SSSR count). The van der Waals surface area contributed by atoms with Crippen LogP contribution in [0.1, 0.15) is 22.5 Å². The third kappa shape index (κ3) is 3.89. The van der Waals surface area contributed by atoms with Crippen LogP contribution in [-0.4, -0.2) is 37.0 Å². The Balaban J connectivity index is 1.75. The first kappa shape index (κ1) is 16.8. The van der Waals surface area contributed by atoms with Crippen molar-refractivity contribution in [1.29, 1.82) is 0 Å². The van der Waals surface area contributed by atoms with Crippen molar-refractivity contribution in [2.24, 2.45) is 0 Å². The lowest BCUT2D eigenvalue weighted by Gasteiger charge is -2.31. The Morgan fingerprint density at radius 3 is 2.43 bits per heavy atom. The minimum absolute atomic E-state index is 0.115. The maximum Gasteiger partial charge on any atom is 0.263 e. The van der Waals surface area contributed by atoms with Crippen LogP contribution in [0.2, 0.25) is 10.0 Å². The normalized spacial score (nSPS) is 15.9. The van der Waals surface area contributed by atoms with Gasteiger partial charge in [-0.15, -0.1) is 11.3 Å². The van der Waals surface area contributed by atoms with Crippen LogP contribution in [0.4, 0.5) is 0 Å². The molecule has 2 aromatic rings. The molecule has 1 aliphatic rings. The number of nitrogens with zero attached hydrogens (tertiary/aromatic N) is 1. The van der Waals surface area contributed by atoms with Crippen molar-refractivity contribution < 1.29 is 4.79 Å². The lowest BCUT2D eigenvalue weighted by molar-refractivity contribution is 0.0712. The molecule has 1 aromatic carbocycles. The molecule has 1 N–H and O–H groups in total. The van der Waals surface area contributed by atoms with Crippen LogP contribution >= 0.6 is 34.5 Å². The average molecular weight is 369 g/mol. The predicted molar refractivity (Wildman–Crippen MR) is 97.8 cm³/mol. The van der Waals surface area contributed by atoms with Gasteiger partial charge in [-0.1, -0.05) is 23.2 Å². The SMILES string of the molecule is CNC1CCN(C(=O)c2ccc(-c3cc(Cl)cc(Cl)c3)s2)CC1. The molecule has 0 atom stereocenters. The molecular formula is C17H18Cl2N2OS. The van der Waals surface area contributed by atoms with Gasteiger partial charge in [0.05, 0.1) is 4.88 Å². The third-order valence-electron chi connectivity index (χ3n) is 4.15. The number of piperidine rings is 1. The van der Waals surface area contributed by atoms with Crippen LogP contribution in [0.5, 0.6) is 0 Å². The van der Waals surface area contributed by atoms with E-state index >= 15 is 0 Å². The first-order chi connectivity index (χ1) is 11.1. The van der Waals surface area contributed by atoms with E-state index in [1.165, 1.54) is 11.3 Å². The highest BCUT2D eigenvalue weighted by atomic mass is 35.5. The van der Waals surface area contributed by atoms with E-state index in [0.717, 1.165) is 41.2 Å². The van der Waals surface area contributed by atoms with Gasteiger partial charge < -0.3 is 10.2 Å². The number of carbonyl (C=O) groups is 1. The van der Waals surface area contributed by atoms with Crippen LogP contribution in [0.3, 0.4) is 0 Å². The van der Waals surface area contributed by atoms with E-state index < -0.39 is 0 Å². The maximum atomic E-state index is 12.6. The Morgan fingerprint density at radius 1 is 1.17 bits per heavy atom. The third-order valence-corrected chi connectivity index (χ3v) is 5.71. The molecule has 122 valence electrons. The van der Waals surface area contributed by atoms with Crippen LogP contribution in [0, 0.1) is 0 Å². The zero-order chi connectivity index (χ0) is 16.4. The summed E-state index contributed by atoms with van der Waals surface area (Å²) in [5.41, 5.74) is 0.945. The molecule has 6 heteroatoms. The van der Waals surface area contributed by atoms with E-state index in [-0.39, 0.29) is 5.91 Å². The number of likely N-dealkylation sites (tertiary alicyclic amines) is 1. The molecular weight excluding hydrogens is 351 g/mol. The number of hydrogen-bond donors (Lipinski definition) is 1. The minimum atomic E-state index is 0.115. The van der Waals surface area contributed by atoms with E-state index in [1.54, 1.807) is 6.07 Å². The molecule has 1 amide bonds. The predicted octanol–water partition coefficient (Wildman–Crippen LogP) is 4.55. The van der Waals surface area contributed by atoms with Crippen LogP contribution in [0.15, 0.2) is 30.3 Å². The van der Waals surface area contributed by atoms with E-state index in [2.05, 4.69) is 5.32 Å². The molecule has 1 fully saturated rings. The number of benzene rings is 1. The van der Waals surface area contributed by atoms with E-state index in [0.29, 0.717) is 16.1 Å². The zero-order valence-corrected chi connectivity index (χ0v) is 15.1. The summed E-state index contributed by atoms with van der Waals surface area (Å²) >= 11 is 13.6. The number of amides is 1. The highest BCUT2D eigenvalue weighted by molar-refractivity contribution is 7.17. The van der Waals surface area contributed by atoms with Crippen LogP contribution < -0.4 is 5.32 Å². The molecule has 0 unspecified atom stereocenters. The second-order valence-electron chi connectivity index (χ2n) is 5.68. The molecule has 0 bridgehead atoms. The molecule has 23 heavy (non-hydrogen) atoms. The first-order valence-corrected chi connectivity index (χ1v) is 9.17.